The highest BCUT2D eigenvalue weighted by Crippen LogP contribution is 2.19. The van der Waals surface area contributed by atoms with E-state index in [2.05, 4.69) is 64.6 Å². The maximum Gasteiger partial charge on any atom is 0.193 e. The molecule has 0 amide bonds. The second-order valence-electron chi connectivity index (χ2n) is 6.51. The van der Waals surface area contributed by atoms with E-state index in [4.69, 9.17) is 4.99 Å². The Morgan fingerprint density at radius 3 is 2.52 bits per heavy atom. The molecule has 3 rings (SSSR count). The van der Waals surface area contributed by atoms with Crippen LogP contribution in [0, 0.1) is 0 Å². The van der Waals surface area contributed by atoms with Gasteiger partial charge in [0, 0.05) is 44.5 Å². The monoisotopic (exact) mass is 476 g/mol. The summed E-state index contributed by atoms with van der Waals surface area (Å²) in [5, 5.41) is 3.44. The van der Waals surface area contributed by atoms with Gasteiger partial charge in [-0.25, -0.2) is 0 Å². The van der Waals surface area contributed by atoms with Crippen LogP contribution in [0.25, 0.3) is 6.08 Å². The highest BCUT2D eigenvalue weighted by Gasteiger charge is 2.17. The van der Waals surface area contributed by atoms with Gasteiger partial charge in [0.05, 0.1) is 0 Å². The topological polar surface area (TPSA) is 40.5 Å². The number of nitrogens with one attached hydrogen (secondary N) is 1. The summed E-state index contributed by atoms with van der Waals surface area (Å²) >= 11 is 0. The number of hydrogen-bond donors (Lipinski definition) is 1. The van der Waals surface area contributed by atoms with Gasteiger partial charge in [-0.1, -0.05) is 48.0 Å². The summed E-state index contributed by atoms with van der Waals surface area (Å²) in [6.45, 7) is 5.83. The van der Waals surface area contributed by atoms with Crippen molar-refractivity contribution in [1.82, 2.24) is 15.2 Å². The van der Waals surface area contributed by atoms with Crippen LogP contribution in [0.4, 0.5) is 0 Å². The summed E-state index contributed by atoms with van der Waals surface area (Å²) in [6.07, 6.45) is 7.25. The van der Waals surface area contributed by atoms with E-state index in [1.807, 2.05) is 18.3 Å². The predicted octanol–water partition coefficient (Wildman–Crippen LogP) is 4.39. The number of benzene rings is 1. The van der Waals surface area contributed by atoms with Crippen LogP contribution in [0.1, 0.15) is 31.0 Å². The molecule has 0 saturated carbocycles. The largest absolute Gasteiger partial charge is 0.357 e. The zero-order valence-electron chi connectivity index (χ0n) is 16.0. The molecule has 1 aromatic heterocycles. The van der Waals surface area contributed by atoms with Gasteiger partial charge in [0.25, 0.3) is 0 Å². The zero-order chi connectivity index (χ0) is 18.0. The fraction of sp³-hybridized carbons (Fsp3) is 0.364. The van der Waals surface area contributed by atoms with Crippen molar-refractivity contribution in [2.45, 2.75) is 26.2 Å². The second kappa shape index (κ2) is 11.7. The lowest BCUT2D eigenvalue weighted by molar-refractivity contribution is 0.375. The molecule has 4 nitrogen and oxygen atoms in total. The van der Waals surface area contributed by atoms with Crippen molar-refractivity contribution in [2.75, 3.05) is 26.2 Å². The SMILES string of the molecule is CCNC(=NCCc1ccccn1)N1CCC(=Cc2ccccc2)CC1.I. The lowest BCUT2D eigenvalue weighted by Gasteiger charge is -2.31. The first-order valence-electron chi connectivity index (χ1n) is 9.53. The van der Waals surface area contributed by atoms with Crippen molar-refractivity contribution in [3.05, 3.63) is 71.6 Å². The first kappa shape index (κ1) is 21.4. The van der Waals surface area contributed by atoms with E-state index >= 15 is 0 Å². The van der Waals surface area contributed by atoms with Gasteiger partial charge in [0.2, 0.25) is 0 Å². The number of rotatable bonds is 5. The van der Waals surface area contributed by atoms with E-state index in [9.17, 15) is 0 Å². The fourth-order valence-corrected chi connectivity index (χ4v) is 3.18. The Bertz CT molecular complexity index is 718. The predicted molar refractivity (Wildman–Crippen MR) is 125 cm³/mol. The Hall–Kier alpha value is -1.89. The third-order valence-corrected chi connectivity index (χ3v) is 4.57. The molecule has 1 aliphatic heterocycles. The van der Waals surface area contributed by atoms with Crippen LogP contribution < -0.4 is 5.32 Å². The first-order chi connectivity index (χ1) is 12.8. The molecule has 1 aliphatic rings. The first-order valence-corrected chi connectivity index (χ1v) is 9.53. The number of hydrogen-bond acceptors (Lipinski definition) is 2. The van der Waals surface area contributed by atoms with Crippen molar-refractivity contribution < 1.29 is 0 Å². The van der Waals surface area contributed by atoms with E-state index in [-0.39, 0.29) is 24.0 Å². The molecular weight excluding hydrogens is 447 g/mol. The molecule has 2 heterocycles. The van der Waals surface area contributed by atoms with Crippen molar-refractivity contribution in [3.8, 4) is 0 Å². The van der Waals surface area contributed by atoms with Crippen LogP contribution >= 0.6 is 24.0 Å². The number of guanidine groups is 1. The summed E-state index contributed by atoms with van der Waals surface area (Å²) in [4.78, 5) is 11.6. The molecule has 5 heteroatoms. The molecule has 0 spiro atoms. The van der Waals surface area contributed by atoms with E-state index < -0.39 is 0 Å². The van der Waals surface area contributed by atoms with Crippen molar-refractivity contribution in [1.29, 1.82) is 0 Å². The van der Waals surface area contributed by atoms with Crippen molar-refractivity contribution in [2.24, 2.45) is 4.99 Å². The molecule has 0 aliphatic carbocycles. The lowest BCUT2D eigenvalue weighted by atomic mass is 10.0. The van der Waals surface area contributed by atoms with Gasteiger partial charge in [-0.05, 0) is 37.5 Å². The number of likely N-dealkylation sites (tertiary alicyclic amines) is 1. The summed E-state index contributed by atoms with van der Waals surface area (Å²) in [5.74, 6) is 1.03. The smallest absolute Gasteiger partial charge is 0.193 e. The molecular formula is C22H29IN4. The number of piperidine rings is 1. The molecule has 144 valence electrons. The Kier molecular flexibility index (Phi) is 9.31. The Morgan fingerprint density at radius 2 is 1.85 bits per heavy atom. The maximum atomic E-state index is 4.81. The van der Waals surface area contributed by atoms with E-state index in [0.29, 0.717) is 0 Å². The molecule has 1 N–H and O–H groups in total. The third-order valence-electron chi connectivity index (χ3n) is 4.57. The highest BCUT2D eigenvalue weighted by molar-refractivity contribution is 14.0. The van der Waals surface area contributed by atoms with Crippen LogP contribution in [0.15, 0.2) is 65.3 Å². The Labute approximate surface area is 179 Å². The van der Waals surface area contributed by atoms with E-state index in [0.717, 1.165) is 57.1 Å². The van der Waals surface area contributed by atoms with Gasteiger partial charge in [0.1, 0.15) is 0 Å². The lowest BCUT2D eigenvalue weighted by Crippen LogP contribution is -2.44. The van der Waals surface area contributed by atoms with Crippen molar-refractivity contribution in [3.63, 3.8) is 0 Å². The number of aromatic nitrogens is 1. The molecule has 27 heavy (non-hydrogen) atoms. The maximum absolute atomic E-state index is 4.81. The van der Waals surface area contributed by atoms with Crippen LogP contribution in [-0.2, 0) is 6.42 Å². The summed E-state index contributed by atoms with van der Waals surface area (Å²) < 4.78 is 0. The molecule has 1 saturated heterocycles. The average molecular weight is 476 g/mol. The average Bonchev–Trinajstić information content (AvgIpc) is 2.70. The Morgan fingerprint density at radius 1 is 1.11 bits per heavy atom. The number of halogens is 1. The molecule has 0 atom stereocenters. The minimum absolute atomic E-state index is 0. The minimum Gasteiger partial charge on any atom is -0.357 e. The normalized spacial score (nSPS) is 14.5. The third kappa shape index (κ3) is 6.97. The summed E-state index contributed by atoms with van der Waals surface area (Å²) in [6, 6.07) is 16.6. The summed E-state index contributed by atoms with van der Waals surface area (Å²) in [5.41, 5.74) is 3.92. The minimum atomic E-state index is 0. The Balaban J connectivity index is 0.00000261. The molecule has 2 aromatic rings. The van der Waals surface area contributed by atoms with Gasteiger partial charge in [-0.3, -0.25) is 9.98 Å². The van der Waals surface area contributed by atoms with Gasteiger partial charge in [0.15, 0.2) is 5.96 Å². The molecule has 0 bridgehead atoms. The number of pyridine rings is 1. The molecule has 1 aromatic carbocycles. The number of aliphatic imine (C=N–C) groups is 1. The van der Waals surface area contributed by atoms with Crippen LogP contribution in [0.5, 0.6) is 0 Å². The van der Waals surface area contributed by atoms with Crippen molar-refractivity contribution >= 4 is 36.0 Å². The van der Waals surface area contributed by atoms with Gasteiger partial charge in [-0.15, -0.1) is 24.0 Å². The molecule has 0 unspecified atom stereocenters. The van der Waals surface area contributed by atoms with Gasteiger partial charge in [-0.2, -0.15) is 0 Å². The van der Waals surface area contributed by atoms with Crippen LogP contribution in [0.3, 0.4) is 0 Å². The highest BCUT2D eigenvalue weighted by atomic mass is 127. The van der Waals surface area contributed by atoms with E-state index in [1.165, 1.54) is 11.1 Å². The second-order valence-corrected chi connectivity index (χ2v) is 6.51. The summed E-state index contributed by atoms with van der Waals surface area (Å²) in [7, 11) is 0. The fourth-order valence-electron chi connectivity index (χ4n) is 3.18. The molecule has 0 radical (unpaired) electrons. The molecule has 1 fully saturated rings. The van der Waals surface area contributed by atoms with Crippen LogP contribution in [-0.4, -0.2) is 42.0 Å². The van der Waals surface area contributed by atoms with E-state index in [1.54, 1.807) is 0 Å². The quantitative estimate of drug-likeness (QED) is 0.396. The number of nitrogens with zero attached hydrogens (tertiary/aromatic N) is 3. The van der Waals surface area contributed by atoms with Crippen LogP contribution in [0.2, 0.25) is 0 Å². The van der Waals surface area contributed by atoms with Gasteiger partial charge >= 0.3 is 0 Å². The zero-order valence-corrected chi connectivity index (χ0v) is 18.3. The standard InChI is InChI=1S/C22H28N4.HI/c1-2-23-22(25-15-11-21-10-6-7-14-24-21)26-16-12-20(13-17-26)18-19-8-4-3-5-9-19;/h3-10,14,18H,2,11-13,15-17H2,1H3,(H,23,25);1H. The van der Waals surface area contributed by atoms with Gasteiger partial charge < -0.3 is 10.2 Å².